The summed E-state index contributed by atoms with van der Waals surface area (Å²) in [5.41, 5.74) is 2.65. The van der Waals surface area contributed by atoms with Gasteiger partial charge in [0.25, 0.3) is 0 Å². The van der Waals surface area contributed by atoms with Crippen molar-refractivity contribution >= 4 is 43.2 Å². The molecule has 2 aromatic rings. The smallest absolute Gasteiger partial charge is 0.118 e. The predicted molar refractivity (Wildman–Crippen MR) is 92.8 cm³/mol. The lowest BCUT2D eigenvalue weighted by Crippen LogP contribution is -2.16. The molecule has 1 aromatic carbocycles. The van der Waals surface area contributed by atoms with Crippen molar-refractivity contribution in [2.24, 2.45) is 0 Å². The molecule has 1 unspecified atom stereocenters. The Kier molecular flexibility index (Phi) is 6.08. The first-order valence-electron chi connectivity index (χ1n) is 6.39. The number of aryl methyl sites for hydroxylation is 1. The largest absolute Gasteiger partial charge is 0.497 e. The number of hydrogen-bond acceptors (Lipinski definition) is 3. The lowest BCUT2D eigenvalue weighted by Gasteiger charge is -2.16. The van der Waals surface area contributed by atoms with E-state index in [0.717, 1.165) is 22.4 Å². The van der Waals surface area contributed by atoms with Crippen molar-refractivity contribution in [2.75, 3.05) is 14.2 Å². The molecular weight excluding hydrogens is 402 g/mol. The van der Waals surface area contributed by atoms with E-state index in [1.54, 1.807) is 18.4 Å². The Labute approximate surface area is 140 Å². The number of rotatable bonds is 6. The third-order valence-corrected chi connectivity index (χ3v) is 5.67. The Hall–Kier alpha value is -0.360. The summed E-state index contributed by atoms with van der Waals surface area (Å²) in [7, 11) is 3.70. The van der Waals surface area contributed by atoms with E-state index in [1.807, 2.05) is 19.2 Å². The second kappa shape index (κ2) is 7.59. The molecule has 0 aliphatic rings. The molecule has 1 heterocycles. The molecule has 108 valence electrons. The fourth-order valence-electron chi connectivity index (χ4n) is 2.15. The summed E-state index contributed by atoms with van der Waals surface area (Å²) < 4.78 is 7.53. The van der Waals surface area contributed by atoms with Crippen LogP contribution in [-0.4, -0.2) is 14.2 Å². The second-order valence-electron chi connectivity index (χ2n) is 4.51. The molecule has 0 spiro atoms. The normalized spacial score (nSPS) is 12.4. The van der Waals surface area contributed by atoms with Crippen LogP contribution < -0.4 is 10.1 Å². The van der Waals surface area contributed by atoms with Gasteiger partial charge in [-0.25, -0.2) is 0 Å². The molecule has 1 N–H and O–H groups in total. The topological polar surface area (TPSA) is 21.3 Å². The van der Waals surface area contributed by atoms with Gasteiger partial charge in [-0.2, -0.15) is 0 Å². The Morgan fingerprint density at radius 2 is 1.95 bits per heavy atom. The molecule has 2 nitrogen and oxygen atoms in total. The summed E-state index contributed by atoms with van der Waals surface area (Å²) in [6.45, 7) is 0. The van der Waals surface area contributed by atoms with E-state index in [-0.39, 0.29) is 0 Å². The van der Waals surface area contributed by atoms with Gasteiger partial charge in [0.2, 0.25) is 0 Å². The maximum atomic E-state index is 5.18. The van der Waals surface area contributed by atoms with Gasteiger partial charge >= 0.3 is 0 Å². The Balaban J connectivity index is 2.01. The Morgan fingerprint density at radius 1 is 1.25 bits per heavy atom. The third kappa shape index (κ3) is 4.07. The zero-order valence-corrected chi connectivity index (χ0v) is 15.4. The van der Waals surface area contributed by atoms with Crippen molar-refractivity contribution in [1.29, 1.82) is 0 Å². The van der Waals surface area contributed by atoms with Crippen LogP contribution in [0.3, 0.4) is 0 Å². The fourth-order valence-corrected chi connectivity index (χ4v) is 5.12. The fraction of sp³-hybridized carbons (Fsp3) is 0.333. The number of hydrogen-bond donors (Lipinski definition) is 1. The third-order valence-electron chi connectivity index (χ3n) is 3.29. The van der Waals surface area contributed by atoms with Crippen LogP contribution >= 0.6 is 43.2 Å². The molecule has 0 aliphatic heterocycles. The summed E-state index contributed by atoms with van der Waals surface area (Å²) in [5.74, 6) is 0.906. The molecule has 0 amide bonds. The maximum absolute atomic E-state index is 5.18. The van der Waals surface area contributed by atoms with E-state index in [1.165, 1.54) is 14.9 Å². The molecular formula is C15H17Br2NOS. The van der Waals surface area contributed by atoms with E-state index in [9.17, 15) is 0 Å². The van der Waals surface area contributed by atoms with Crippen LogP contribution in [0.1, 0.15) is 23.6 Å². The Bertz CT molecular complexity index is 554. The molecule has 0 radical (unpaired) electrons. The molecule has 0 aliphatic carbocycles. The quantitative estimate of drug-likeness (QED) is 0.698. The minimum atomic E-state index is 0.356. The zero-order valence-electron chi connectivity index (χ0n) is 11.5. The summed E-state index contributed by atoms with van der Waals surface area (Å²) in [6.07, 6.45) is 2.10. The van der Waals surface area contributed by atoms with E-state index in [2.05, 4.69) is 55.4 Å². The van der Waals surface area contributed by atoms with Gasteiger partial charge in [-0.3, -0.25) is 0 Å². The predicted octanol–water partition coefficient (Wildman–Crippen LogP) is 5.18. The first-order valence-corrected chi connectivity index (χ1v) is 8.79. The highest BCUT2D eigenvalue weighted by molar-refractivity contribution is 9.12. The van der Waals surface area contributed by atoms with Gasteiger partial charge in [0, 0.05) is 6.04 Å². The first kappa shape index (κ1) is 16.0. The maximum Gasteiger partial charge on any atom is 0.118 e. The van der Waals surface area contributed by atoms with Gasteiger partial charge in [-0.15, -0.1) is 11.3 Å². The van der Waals surface area contributed by atoms with Gasteiger partial charge in [-0.1, -0.05) is 12.1 Å². The van der Waals surface area contributed by atoms with Crippen LogP contribution in [0.5, 0.6) is 5.75 Å². The summed E-state index contributed by atoms with van der Waals surface area (Å²) in [5, 5.41) is 3.40. The van der Waals surface area contributed by atoms with Gasteiger partial charge in [-0.05, 0) is 81.1 Å². The van der Waals surface area contributed by atoms with Crippen molar-refractivity contribution in [2.45, 2.75) is 18.9 Å². The minimum Gasteiger partial charge on any atom is -0.497 e. The number of benzene rings is 1. The van der Waals surface area contributed by atoms with Crippen LogP contribution in [0.15, 0.2) is 37.9 Å². The average Bonchev–Trinajstić information content (AvgIpc) is 2.79. The molecule has 1 atom stereocenters. The summed E-state index contributed by atoms with van der Waals surface area (Å²) in [4.78, 5) is 0. The van der Waals surface area contributed by atoms with Gasteiger partial charge in [0.05, 0.1) is 14.7 Å². The van der Waals surface area contributed by atoms with Crippen LogP contribution in [0.4, 0.5) is 0 Å². The zero-order chi connectivity index (χ0) is 14.5. The summed E-state index contributed by atoms with van der Waals surface area (Å²) in [6, 6.07) is 10.8. The van der Waals surface area contributed by atoms with Gasteiger partial charge < -0.3 is 10.1 Å². The molecule has 2 rings (SSSR count). The Morgan fingerprint density at radius 3 is 2.45 bits per heavy atom. The van der Waals surface area contributed by atoms with Crippen LogP contribution in [-0.2, 0) is 6.42 Å². The lowest BCUT2D eigenvalue weighted by atomic mass is 10.0. The van der Waals surface area contributed by atoms with Crippen molar-refractivity contribution in [3.63, 3.8) is 0 Å². The SMILES string of the molecule is CNC(CCc1ccc(OC)cc1)c1cc(Br)sc1Br. The molecule has 0 saturated carbocycles. The van der Waals surface area contributed by atoms with Crippen LogP contribution in [0.25, 0.3) is 0 Å². The highest BCUT2D eigenvalue weighted by Crippen LogP contribution is 2.36. The van der Waals surface area contributed by atoms with Gasteiger partial charge in [0.15, 0.2) is 0 Å². The molecule has 0 saturated heterocycles. The number of ether oxygens (including phenoxy) is 1. The second-order valence-corrected chi connectivity index (χ2v) is 8.26. The number of thiophene rings is 1. The molecule has 20 heavy (non-hydrogen) atoms. The highest BCUT2D eigenvalue weighted by atomic mass is 79.9. The van der Waals surface area contributed by atoms with Crippen molar-refractivity contribution in [3.05, 3.63) is 49.0 Å². The molecule has 0 bridgehead atoms. The van der Waals surface area contributed by atoms with E-state index >= 15 is 0 Å². The van der Waals surface area contributed by atoms with Crippen LogP contribution in [0, 0.1) is 0 Å². The van der Waals surface area contributed by atoms with Crippen LogP contribution in [0.2, 0.25) is 0 Å². The number of nitrogens with one attached hydrogen (secondary N) is 1. The van der Waals surface area contributed by atoms with Gasteiger partial charge in [0.1, 0.15) is 5.75 Å². The molecule has 1 aromatic heterocycles. The standard InChI is InChI=1S/C15H17Br2NOS/c1-18-13(12-9-14(16)20-15(12)17)8-5-10-3-6-11(19-2)7-4-10/h3-4,6-7,9,13,18H,5,8H2,1-2H3. The number of halogens is 2. The van der Waals surface area contributed by atoms with Crippen molar-refractivity contribution in [1.82, 2.24) is 5.32 Å². The lowest BCUT2D eigenvalue weighted by molar-refractivity contribution is 0.414. The minimum absolute atomic E-state index is 0.356. The van der Waals surface area contributed by atoms with Crippen molar-refractivity contribution < 1.29 is 4.74 Å². The monoisotopic (exact) mass is 417 g/mol. The van der Waals surface area contributed by atoms with E-state index < -0.39 is 0 Å². The highest BCUT2D eigenvalue weighted by Gasteiger charge is 2.15. The van der Waals surface area contributed by atoms with Crippen molar-refractivity contribution in [3.8, 4) is 5.75 Å². The molecule has 5 heteroatoms. The first-order chi connectivity index (χ1) is 9.63. The van der Waals surface area contributed by atoms with E-state index in [4.69, 9.17) is 4.74 Å². The van der Waals surface area contributed by atoms with E-state index in [0.29, 0.717) is 6.04 Å². The summed E-state index contributed by atoms with van der Waals surface area (Å²) >= 11 is 8.89. The molecule has 0 fully saturated rings. The number of methoxy groups -OCH3 is 1. The average molecular weight is 419 g/mol.